The van der Waals surface area contributed by atoms with Crippen molar-refractivity contribution in [1.29, 1.82) is 0 Å². The third-order valence-electron chi connectivity index (χ3n) is 3.66. The molecule has 0 amide bonds. The van der Waals surface area contributed by atoms with E-state index in [0.717, 1.165) is 16.5 Å². The van der Waals surface area contributed by atoms with Gasteiger partial charge in [0.25, 0.3) is 5.56 Å². The fourth-order valence-corrected chi connectivity index (χ4v) is 2.66. The summed E-state index contributed by atoms with van der Waals surface area (Å²) in [5.74, 6) is 6.35. The maximum absolute atomic E-state index is 12.6. The van der Waals surface area contributed by atoms with Crippen LogP contribution >= 0.6 is 11.6 Å². The third kappa shape index (κ3) is 3.61. The second-order valence-electron chi connectivity index (χ2n) is 5.21. The Kier molecular flexibility index (Phi) is 5.20. The van der Waals surface area contributed by atoms with Gasteiger partial charge in [0.2, 0.25) is 0 Å². The van der Waals surface area contributed by atoms with Gasteiger partial charge in [-0.05, 0) is 17.7 Å². The Morgan fingerprint density at radius 3 is 2.54 bits per heavy atom. The van der Waals surface area contributed by atoms with Gasteiger partial charge >= 0.3 is 0 Å². The first-order valence-electron chi connectivity index (χ1n) is 7.60. The molecule has 0 saturated heterocycles. The van der Waals surface area contributed by atoms with Crippen LogP contribution in [-0.4, -0.2) is 17.1 Å². The zero-order valence-corrected chi connectivity index (χ0v) is 13.8. The van der Waals surface area contributed by atoms with Crippen LogP contribution in [-0.2, 0) is 6.54 Å². The van der Waals surface area contributed by atoms with Crippen molar-refractivity contribution in [3.8, 4) is 17.6 Å². The summed E-state index contributed by atoms with van der Waals surface area (Å²) in [6.45, 7) is 0.728. The highest BCUT2D eigenvalue weighted by Gasteiger charge is 2.09. The summed E-state index contributed by atoms with van der Waals surface area (Å²) in [5, 5.41) is 0.890. The molecule has 120 valence electrons. The average Bonchev–Trinajstić information content (AvgIpc) is 2.62. The third-order valence-corrected chi connectivity index (χ3v) is 3.79. The SMILES string of the molecule is O=c1cc(OCC#CCCl)c2ccccc2n1Cc1ccccc1. The molecule has 0 saturated carbocycles. The smallest absolute Gasteiger partial charge is 0.255 e. The lowest BCUT2D eigenvalue weighted by Crippen LogP contribution is -2.21. The average molecular weight is 338 g/mol. The molecular weight excluding hydrogens is 322 g/mol. The summed E-state index contributed by atoms with van der Waals surface area (Å²) in [4.78, 5) is 12.6. The predicted molar refractivity (Wildman–Crippen MR) is 97.7 cm³/mol. The molecule has 1 aromatic heterocycles. The number of rotatable bonds is 4. The molecule has 0 aliphatic carbocycles. The van der Waals surface area contributed by atoms with Crippen molar-refractivity contribution in [2.24, 2.45) is 0 Å². The first-order chi connectivity index (χ1) is 11.8. The summed E-state index contributed by atoms with van der Waals surface area (Å²) in [6.07, 6.45) is 0. The van der Waals surface area contributed by atoms with Crippen molar-refractivity contribution < 1.29 is 4.74 Å². The van der Waals surface area contributed by atoms with Gasteiger partial charge < -0.3 is 9.30 Å². The molecule has 0 N–H and O–H groups in total. The zero-order chi connectivity index (χ0) is 16.8. The largest absolute Gasteiger partial charge is 0.480 e. The fourth-order valence-electron chi connectivity index (χ4n) is 2.56. The molecule has 0 aliphatic rings. The summed E-state index contributed by atoms with van der Waals surface area (Å²) in [6, 6.07) is 19.2. The minimum atomic E-state index is -0.0992. The quantitative estimate of drug-likeness (QED) is 0.537. The molecule has 0 fully saturated rings. The van der Waals surface area contributed by atoms with E-state index >= 15 is 0 Å². The van der Waals surface area contributed by atoms with Gasteiger partial charge in [-0.3, -0.25) is 4.79 Å². The monoisotopic (exact) mass is 337 g/mol. The molecule has 0 aliphatic heterocycles. The molecule has 0 atom stereocenters. The molecule has 0 unspecified atom stereocenters. The Hall–Kier alpha value is -2.70. The van der Waals surface area contributed by atoms with Gasteiger partial charge in [0.1, 0.15) is 12.4 Å². The number of pyridine rings is 1. The van der Waals surface area contributed by atoms with Crippen LogP contribution in [0.25, 0.3) is 10.9 Å². The number of alkyl halides is 1. The Balaban J connectivity index is 2.02. The zero-order valence-electron chi connectivity index (χ0n) is 13.0. The van der Waals surface area contributed by atoms with Crippen LogP contribution in [0, 0.1) is 11.8 Å². The molecule has 0 spiro atoms. The van der Waals surface area contributed by atoms with Gasteiger partial charge in [-0.25, -0.2) is 0 Å². The van der Waals surface area contributed by atoms with E-state index in [0.29, 0.717) is 12.3 Å². The van der Waals surface area contributed by atoms with Crippen LogP contribution < -0.4 is 10.3 Å². The molecule has 0 radical (unpaired) electrons. The number of hydrogen-bond donors (Lipinski definition) is 0. The van der Waals surface area contributed by atoms with Crippen LogP contribution in [0.5, 0.6) is 5.75 Å². The van der Waals surface area contributed by atoms with Crippen molar-refractivity contribution in [1.82, 2.24) is 4.57 Å². The number of ether oxygens (including phenoxy) is 1. The molecule has 1 heterocycles. The summed E-state index contributed by atoms with van der Waals surface area (Å²) >= 11 is 5.52. The first kappa shape index (κ1) is 16.2. The molecule has 4 heteroatoms. The van der Waals surface area contributed by atoms with E-state index in [-0.39, 0.29) is 18.0 Å². The van der Waals surface area contributed by atoms with Crippen molar-refractivity contribution >= 4 is 22.5 Å². The van der Waals surface area contributed by atoms with Crippen LogP contribution in [0.2, 0.25) is 0 Å². The standard InChI is InChI=1S/C20H16ClNO2/c21-12-6-7-13-24-19-14-20(23)22(15-16-8-2-1-3-9-16)18-11-5-4-10-17(18)19/h1-5,8-11,14H,12-13,15H2. The highest BCUT2D eigenvalue weighted by molar-refractivity contribution is 6.19. The van der Waals surface area contributed by atoms with E-state index in [1.165, 1.54) is 6.07 Å². The number of halogens is 1. The summed E-state index contributed by atoms with van der Waals surface area (Å²) in [7, 11) is 0. The highest BCUT2D eigenvalue weighted by atomic mass is 35.5. The minimum Gasteiger partial charge on any atom is -0.480 e. The molecule has 3 aromatic rings. The number of hydrogen-bond acceptors (Lipinski definition) is 2. The van der Waals surface area contributed by atoms with E-state index in [1.54, 1.807) is 4.57 Å². The van der Waals surface area contributed by atoms with E-state index in [9.17, 15) is 4.79 Å². The van der Waals surface area contributed by atoms with Gasteiger partial charge in [-0.2, -0.15) is 0 Å². The fraction of sp³-hybridized carbons (Fsp3) is 0.150. The van der Waals surface area contributed by atoms with Crippen molar-refractivity contribution in [2.45, 2.75) is 6.54 Å². The summed E-state index contributed by atoms with van der Waals surface area (Å²) < 4.78 is 7.41. The van der Waals surface area contributed by atoms with Crippen LogP contribution in [0.1, 0.15) is 5.56 Å². The van der Waals surface area contributed by atoms with E-state index in [2.05, 4.69) is 11.8 Å². The molecule has 0 bridgehead atoms. The van der Waals surface area contributed by atoms with Gasteiger partial charge in [0, 0.05) is 11.5 Å². The molecule has 3 rings (SSSR count). The molecule has 2 aromatic carbocycles. The Morgan fingerprint density at radius 1 is 1.00 bits per heavy atom. The lowest BCUT2D eigenvalue weighted by Gasteiger charge is -2.13. The number of aromatic nitrogens is 1. The minimum absolute atomic E-state index is 0.0992. The van der Waals surface area contributed by atoms with Gasteiger partial charge in [-0.15, -0.1) is 11.6 Å². The van der Waals surface area contributed by atoms with Gasteiger partial charge in [0.15, 0.2) is 0 Å². The van der Waals surface area contributed by atoms with E-state index in [1.807, 2.05) is 54.6 Å². The van der Waals surface area contributed by atoms with Gasteiger partial charge in [-0.1, -0.05) is 54.3 Å². The number of para-hydroxylation sites is 1. The van der Waals surface area contributed by atoms with Crippen molar-refractivity contribution in [2.75, 3.05) is 12.5 Å². The van der Waals surface area contributed by atoms with Crippen molar-refractivity contribution in [3.05, 3.63) is 76.6 Å². The van der Waals surface area contributed by atoms with Crippen LogP contribution in [0.4, 0.5) is 0 Å². The van der Waals surface area contributed by atoms with Crippen LogP contribution in [0.3, 0.4) is 0 Å². The lowest BCUT2D eigenvalue weighted by atomic mass is 10.1. The van der Waals surface area contributed by atoms with Gasteiger partial charge in [0.05, 0.1) is 17.9 Å². The predicted octanol–water partition coefficient (Wildman–Crippen LogP) is 3.67. The summed E-state index contributed by atoms with van der Waals surface area (Å²) in [5.41, 5.74) is 1.82. The number of benzene rings is 2. The van der Waals surface area contributed by atoms with E-state index < -0.39 is 0 Å². The van der Waals surface area contributed by atoms with E-state index in [4.69, 9.17) is 16.3 Å². The lowest BCUT2D eigenvalue weighted by molar-refractivity contribution is 0.373. The maximum atomic E-state index is 12.6. The van der Waals surface area contributed by atoms with Crippen molar-refractivity contribution in [3.63, 3.8) is 0 Å². The Labute approximate surface area is 145 Å². The Morgan fingerprint density at radius 2 is 1.75 bits per heavy atom. The molecule has 3 nitrogen and oxygen atoms in total. The number of fused-ring (bicyclic) bond motifs is 1. The Bertz CT molecular complexity index is 952. The maximum Gasteiger partial charge on any atom is 0.255 e. The topological polar surface area (TPSA) is 31.2 Å². The van der Waals surface area contributed by atoms with Crippen LogP contribution in [0.15, 0.2) is 65.5 Å². The number of nitrogens with zero attached hydrogens (tertiary/aromatic N) is 1. The second-order valence-corrected chi connectivity index (χ2v) is 5.48. The molecule has 24 heavy (non-hydrogen) atoms. The second kappa shape index (κ2) is 7.72. The molecular formula is C20H16ClNO2. The normalized spacial score (nSPS) is 10.2. The highest BCUT2D eigenvalue weighted by Crippen LogP contribution is 2.24. The first-order valence-corrected chi connectivity index (χ1v) is 8.14.